The Morgan fingerprint density at radius 2 is 2.20 bits per heavy atom. The van der Waals surface area contributed by atoms with Gasteiger partial charge in [-0.05, 0) is 18.6 Å². The van der Waals surface area contributed by atoms with Crippen molar-refractivity contribution in [2.45, 2.75) is 25.6 Å². The normalized spacial score (nSPS) is 15.0. The van der Waals surface area contributed by atoms with Crippen LogP contribution in [0.4, 0.5) is 4.39 Å². The second kappa shape index (κ2) is 5.45. The highest BCUT2D eigenvalue weighted by molar-refractivity contribution is 6.31. The number of aliphatic hydroxyl groups excluding tert-OH is 1. The molecule has 2 unspecified atom stereocenters. The molecular formula is C11H14ClFO2. The van der Waals surface area contributed by atoms with Crippen molar-refractivity contribution in [2.24, 2.45) is 0 Å². The lowest BCUT2D eigenvalue weighted by Crippen LogP contribution is -2.27. The second-order valence-corrected chi connectivity index (χ2v) is 3.80. The first-order valence-corrected chi connectivity index (χ1v) is 5.07. The van der Waals surface area contributed by atoms with Crippen molar-refractivity contribution in [1.29, 1.82) is 0 Å². The Morgan fingerprint density at radius 3 is 2.80 bits per heavy atom. The van der Waals surface area contributed by atoms with Crippen molar-refractivity contribution < 1.29 is 14.2 Å². The molecule has 0 aliphatic carbocycles. The highest BCUT2D eigenvalue weighted by atomic mass is 35.5. The Balaban J connectivity index is 2.76. The van der Waals surface area contributed by atoms with E-state index in [0.717, 1.165) is 0 Å². The van der Waals surface area contributed by atoms with E-state index in [0.29, 0.717) is 5.56 Å². The van der Waals surface area contributed by atoms with Crippen LogP contribution >= 0.6 is 11.6 Å². The Bertz CT molecular complexity index is 330. The molecule has 0 heterocycles. The predicted octanol–water partition coefficient (Wildman–Crippen LogP) is 2.42. The van der Waals surface area contributed by atoms with Crippen molar-refractivity contribution in [3.63, 3.8) is 0 Å². The highest BCUT2D eigenvalue weighted by Gasteiger charge is 2.16. The molecule has 0 aromatic heterocycles. The molecule has 0 saturated heterocycles. The Morgan fingerprint density at radius 1 is 1.53 bits per heavy atom. The molecule has 0 saturated carbocycles. The molecule has 0 bridgehead atoms. The zero-order valence-corrected chi connectivity index (χ0v) is 9.46. The quantitative estimate of drug-likeness (QED) is 0.864. The van der Waals surface area contributed by atoms with Gasteiger partial charge in [0.2, 0.25) is 0 Å². The van der Waals surface area contributed by atoms with Gasteiger partial charge in [-0.3, -0.25) is 0 Å². The van der Waals surface area contributed by atoms with Crippen LogP contribution in [0.25, 0.3) is 0 Å². The third-order valence-electron chi connectivity index (χ3n) is 2.37. The standard InChI is InChI=1S/C11H14ClFO2/c1-7(15-2)10(14)6-8-4-3-5-9(13)11(8)12/h3-5,7,10,14H,6H2,1-2H3. The van der Waals surface area contributed by atoms with Crippen molar-refractivity contribution in [3.05, 3.63) is 34.6 Å². The summed E-state index contributed by atoms with van der Waals surface area (Å²) in [7, 11) is 1.51. The lowest BCUT2D eigenvalue weighted by molar-refractivity contribution is 0.000392. The smallest absolute Gasteiger partial charge is 0.142 e. The van der Waals surface area contributed by atoms with Crippen LogP contribution in [0.2, 0.25) is 5.02 Å². The van der Waals surface area contributed by atoms with Gasteiger partial charge in [0, 0.05) is 13.5 Å². The van der Waals surface area contributed by atoms with Crippen molar-refractivity contribution >= 4 is 11.6 Å². The molecule has 1 aromatic carbocycles. The van der Waals surface area contributed by atoms with E-state index in [9.17, 15) is 9.50 Å². The number of hydrogen-bond donors (Lipinski definition) is 1. The third-order valence-corrected chi connectivity index (χ3v) is 2.80. The molecule has 0 aliphatic rings. The van der Waals surface area contributed by atoms with Crippen molar-refractivity contribution in [3.8, 4) is 0 Å². The summed E-state index contributed by atoms with van der Waals surface area (Å²) >= 11 is 5.76. The summed E-state index contributed by atoms with van der Waals surface area (Å²) in [6.07, 6.45) is -0.704. The molecule has 84 valence electrons. The van der Waals surface area contributed by atoms with Crippen molar-refractivity contribution in [1.82, 2.24) is 0 Å². The molecule has 0 aliphatic heterocycles. The zero-order valence-electron chi connectivity index (χ0n) is 8.71. The van der Waals surface area contributed by atoms with E-state index in [1.54, 1.807) is 19.1 Å². The fraction of sp³-hybridized carbons (Fsp3) is 0.455. The van der Waals surface area contributed by atoms with Crippen LogP contribution in [0, 0.1) is 5.82 Å². The predicted molar refractivity (Wildman–Crippen MR) is 57.6 cm³/mol. The number of halogens is 2. The first-order chi connectivity index (χ1) is 7.06. The van der Waals surface area contributed by atoms with Crippen LogP contribution in [-0.4, -0.2) is 24.4 Å². The second-order valence-electron chi connectivity index (χ2n) is 3.43. The summed E-state index contributed by atoms with van der Waals surface area (Å²) < 4.78 is 18.0. The third kappa shape index (κ3) is 3.16. The molecule has 4 heteroatoms. The molecule has 1 rings (SSSR count). The topological polar surface area (TPSA) is 29.5 Å². The van der Waals surface area contributed by atoms with Crippen LogP contribution in [0.3, 0.4) is 0 Å². The average molecular weight is 233 g/mol. The molecule has 2 atom stereocenters. The number of ether oxygens (including phenoxy) is 1. The van der Waals surface area contributed by atoms with Crippen LogP contribution in [0.15, 0.2) is 18.2 Å². The monoisotopic (exact) mass is 232 g/mol. The van der Waals surface area contributed by atoms with Gasteiger partial charge in [0.1, 0.15) is 5.82 Å². The van der Waals surface area contributed by atoms with Gasteiger partial charge in [0.05, 0.1) is 17.2 Å². The molecular weight excluding hydrogens is 219 g/mol. The molecule has 0 amide bonds. The van der Waals surface area contributed by atoms with E-state index < -0.39 is 11.9 Å². The Hall–Kier alpha value is -0.640. The molecule has 15 heavy (non-hydrogen) atoms. The summed E-state index contributed by atoms with van der Waals surface area (Å²) in [6, 6.07) is 4.55. The lowest BCUT2D eigenvalue weighted by atomic mass is 10.0. The van der Waals surface area contributed by atoms with E-state index in [4.69, 9.17) is 16.3 Å². The SMILES string of the molecule is COC(C)C(O)Cc1cccc(F)c1Cl. The number of rotatable bonds is 4. The highest BCUT2D eigenvalue weighted by Crippen LogP contribution is 2.21. The molecule has 0 radical (unpaired) electrons. The van der Waals surface area contributed by atoms with Gasteiger partial charge in [-0.2, -0.15) is 0 Å². The maximum atomic E-state index is 13.1. The average Bonchev–Trinajstić information content (AvgIpc) is 2.23. The summed E-state index contributed by atoms with van der Waals surface area (Å²) in [5.41, 5.74) is 0.591. The molecule has 1 N–H and O–H groups in total. The van der Waals surface area contributed by atoms with Crippen molar-refractivity contribution in [2.75, 3.05) is 7.11 Å². The van der Waals surface area contributed by atoms with Crippen LogP contribution in [0.5, 0.6) is 0 Å². The van der Waals surface area contributed by atoms with E-state index in [2.05, 4.69) is 0 Å². The largest absolute Gasteiger partial charge is 0.390 e. The number of hydrogen-bond acceptors (Lipinski definition) is 2. The molecule has 1 aromatic rings. The fourth-order valence-corrected chi connectivity index (χ4v) is 1.46. The Labute approximate surface area is 93.6 Å². The van der Waals surface area contributed by atoms with E-state index in [-0.39, 0.29) is 17.5 Å². The summed E-state index contributed by atoms with van der Waals surface area (Å²) in [4.78, 5) is 0. The van der Waals surface area contributed by atoms with E-state index in [1.807, 2.05) is 0 Å². The minimum absolute atomic E-state index is 0.0693. The Kier molecular flexibility index (Phi) is 4.51. The number of aliphatic hydroxyl groups is 1. The number of methoxy groups -OCH3 is 1. The van der Waals surface area contributed by atoms with Gasteiger partial charge in [0.15, 0.2) is 0 Å². The van der Waals surface area contributed by atoms with Crippen LogP contribution in [-0.2, 0) is 11.2 Å². The maximum absolute atomic E-state index is 13.1. The molecule has 0 spiro atoms. The van der Waals surface area contributed by atoms with Gasteiger partial charge in [-0.1, -0.05) is 23.7 Å². The first-order valence-electron chi connectivity index (χ1n) is 4.70. The van der Waals surface area contributed by atoms with E-state index in [1.165, 1.54) is 13.2 Å². The minimum atomic E-state index is -0.686. The zero-order chi connectivity index (χ0) is 11.4. The fourth-order valence-electron chi connectivity index (χ4n) is 1.25. The van der Waals surface area contributed by atoms with E-state index >= 15 is 0 Å². The summed E-state index contributed by atoms with van der Waals surface area (Å²) in [6.45, 7) is 1.75. The van der Waals surface area contributed by atoms with Gasteiger partial charge < -0.3 is 9.84 Å². The van der Waals surface area contributed by atoms with Gasteiger partial charge in [0.25, 0.3) is 0 Å². The molecule has 2 nitrogen and oxygen atoms in total. The first kappa shape index (κ1) is 12.4. The minimum Gasteiger partial charge on any atom is -0.390 e. The number of benzene rings is 1. The summed E-state index contributed by atoms with van der Waals surface area (Å²) in [5.74, 6) is -0.466. The van der Waals surface area contributed by atoms with Crippen LogP contribution in [0.1, 0.15) is 12.5 Å². The van der Waals surface area contributed by atoms with Gasteiger partial charge in [-0.15, -0.1) is 0 Å². The summed E-state index contributed by atoms with van der Waals surface area (Å²) in [5, 5.41) is 9.75. The van der Waals surface area contributed by atoms with Gasteiger partial charge >= 0.3 is 0 Å². The maximum Gasteiger partial charge on any atom is 0.142 e. The van der Waals surface area contributed by atoms with Gasteiger partial charge in [-0.25, -0.2) is 4.39 Å². The van der Waals surface area contributed by atoms with Crippen LogP contribution < -0.4 is 0 Å². The lowest BCUT2D eigenvalue weighted by Gasteiger charge is -2.17. The molecule has 0 fully saturated rings.